The van der Waals surface area contributed by atoms with Gasteiger partial charge in [0.15, 0.2) is 0 Å². The van der Waals surface area contributed by atoms with Gasteiger partial charge in [0.2, 0.25) is 0 Å². The Hall–Kier alpha value is -3.36. The molecule has 0 N–H and O–H groups in total. The van der Waals surface area contributed by atoms with Crippen molar-refractivity contribution in [2.24, 2.45) is 0 Å². The molecule has 2 heteroatoms. The molecule has 0 atom stereocenters. The predicted molar refractivity (Wildman–Crippen MR) is 151 cm³/mol. The molecule has 0 heterocycles. The fraction of sp³-hybridized carbons (Fsp3) is 0.125. The first-order chi connectivity index (χ1) is 16.4. The lowest BCUT2D eigenvalue weighted by Crippen LogP contribution is -2.13. The van der Waals surface area contributed by atoms with E-state index in [0.717, 1.165) is 15.8 Å². The Morgan fingerprint density at radius 1 is 0.559 bits per heavy atom. The standard InChI is InChI=1S/C32H26BrN/c1-32(2,3)23-13-15-25(16-14-23)34(24-7-5-4-6-8-24)29-20-12-22-9-17-26-28(33)19-11-21-10-18-27(29)31(22)30(21)26/h4-20H,1-3H3. The Bertz CT molecular complexity index is 1630. The molecule has 0 unspecified atom stereocenters. The van der Waals surface area contributed by atoms with E-state index >= 15 is 0 Å². The van der Waals surface area contributed by atoms with Crippen LogP contribution < -0.4 is 4.90 Å². The maximum Gasteiger partial charge on any atom is 0.0540 e. The molecule has 0 fully saturated rings. The summed E-state index contributed by atoms with van der Waals surface area (Å²) < 4.78 is 1.14. The minimum atomic E-state index is 0.122. The third-order valence-corrected chi connectivity index (χ3v) is 7.53. The summed E-state index contributed by atoms with van der Waals surface area (Å²) in [6.07, 6.45) is 0. The molecule has 6 aromatic carbocycles. The van der Waals surface area contributed by atoms with E-state index in [-0.39, 0.29) is 5.41 Å². The number of rotatable bonds is 3. The molecule has 0 saturated carbocycles. The van der Waals surface area contributed by atoms with Crippen LogP contribution in [0.15, 0.2) is 108 Å². The summed E-state index contributed by atoms with van der Waals surface area (Å²) in [5.74, 6) is 0. The summed E-state index contributed by atoms with van der Waals surface area (Å²) in [7, 11) is 0. The Kier molecular flexibility index (Phi) is 4.89. The average Bonchev–Trinajstić information content (AvgIpc) is 2.85. The smallest absolute Gasteiger partial charge is 0.0540 e. The van der Waals surface area contributed by atoms with E-state index in [9.17, 15) is 0 Å². The van der Waals surface area contributed by atoms with E-state index in [0.29, 0.717) is 0 Å². The van der Waals surface area contributed by atoms with Crippen LogP contribution in [0.25, 0.3) is 32.3 Å². The van der Waals surface area contributed by atoms with Gasteiger partial charge in [-0.3, -0.25) is 0 Å². The highest BCUT2D eigenvalue weighted by atomic mass is 79.9. The molecule has 0 aliphatic carbocycles. The minimum absolute atomic E-state index is 0.122. The van der Waals surface area contributed by atoms with Crippen molar-refractivity contribution in [2.75, 3.05) is 4.90 Å². The summed E-state index contributed by atoms with van der Waals surface area (Å²) in [4.78, 5) is 2.38. The van der Waals surface area contributed by atoms with Crippen molar-refractivity contribution in [1.29, 1.82) is 0 Å². The Labute approximate surface area is 209 Å². The SMILES string of the molecule is CC(C)(C)c1ccc(N(c2ccccc2)c2ccc3ccc4c(Br)ccc5ccc2c3c54)cc1. The van der Waals surface area contributed by atoms with E-state index in [2.05, 4.69) is 145 Å². The fourth-order valence-corrected chi connectivity index (χ4v) is 5.52. The van der Waals surface area contributed by atoms with Crippen LogP contribution in [0, 0.1) is 0 Å². The quantitative estimate of drug-likeness (QED) is 0.217. The maximum atomic E-state index is 3.77. The molecule has 0 saturated heterocycles. The van der Waals surface area contributed by atoms with Crippen LogP contribution in [0.2, 0.25) is 0 Å². The van der Waals surface area contributed by atoms with Gasteiger partial charge in [-0.05, 0) is 74.3 Å². The topological polar surface area (TPSA) is 3.24 Å². The molecule has 0 spiro atoms. The molecule has 34 heavy (non-hydrogen) atoms. The highest BCUT2D eigenvalue weighted by Gasteiger charge is 2.20. The number of hydrogen-bond acceptors (Lipinski definition) is 1. The van der Waals surface area contributed by atoms with Gasteiger partial charge in [-0.25, -0.2) is 0 Å². The fourth-order valence-electron chi connectivity index (χ4n) is 5.06. The molecule has 6 rings (SSSR count). The van der Waals surface area contributed by atoms with Crippen molar-refractivity contribution in [1.82, 2.24) is 0 Å². The average molecular weight is 504 g/mol. The van der Waals surface area contributed by atoms with Gasteiger partial charge < -0.3 is 4.90 Å². The summed E-state index contributed by atoms with van der Waals surface area (Å²) in [5.41, 5.74) is 4.97. The third kappa shape index (κ3) is 3.36. The van der Waals surface area contributed by atoms with E-state index in [1.54, 1.807) is 0 Å². The molecule has 1 nitrogen and oxygen atoms in total. The number of halogens is 1. The van der Waals surface area contributed by atoms with Gasteiger partial charge in [-0.1, -0.05) is 103 Å². The predicted octanol–water partition coefficient (Wildman–Crippen LogP) is 10.1. The largest absolute Gasteiger partial charge is 0.310 e. The molecular formula is C32H26BrN. The second-order valence-corrected chi connectivity index (χ2v) is 10.9. The lowest BCUT2D eigenvalue weighted by Gasteiger charge is -2.28. The zero-order valence-corrected chi connectivity index (χ0v) is 21.2. The van der Waals surface area contributed by atoms with Crippen molar-refractivity contribution in [3.63, 3.8) is 0 Å². The van der Waals surface area contributed by atoms with Crippen molar-refractivity contribution in [3.05, 3.63) is 113 Å². The van der Waals surface area contributed by atoms with Gasteiger partial charge in [0.25, 0.3) is 0 Å². The van der Waals surface area contributed by atoms with Crippen LogP contribution in [-0.4, -0.2) is 0 Å². The molecule has 0 aliphatic rings. The normalized spacial score (nSPS) is 12.1. The minimum Gasteiger partial charge on any atom is -0.310 e. The van der Waals surface area contributed by atoms with Gasteiger partial charge in [-0.15, -0.1) is 0 Å². The Morgan fingerprint density at radius 3 is 1.79 bits per heavy atom. The molecule has 0 aromatic heterocycles. The molecule has 0 bridgehead atoms. The van der Waals surface area contributed by atoms with Gasteiger partial charge in [0.1, 0.15) is 0 Å². The van der Waals surface area contributed by atoms with E-state index in [1.807, 2.05) is 0 Å². The zero-order valence-electron chi connectivity index (χ0n) is 19.6. The van der Waals surface area contributed by atoms with Crippen LogP contribution in [-0.2, 0) is 5.41 Å². The van der Waals surface area contributed by atoms with Crippen LogP contribution >= 0.6 is 15.9 Å². The van der Waals surface area contributed by atoms with Crippen molar-refractivity contribution < 1.29 is 0 Å². The summed E-state index contributed by atoms with van der Waals surface area (Å²) in [6.45, 7) is 6.78. The first-order valence-corrected chi connectivity index (χ1v) is 12.5. The molecular weight excluding hydrogens is 478 g/mol. The monoisotopic (exact) mass is 503 g/mol. The molecule has 0 amide bonds. The van der Waals surface area contributed by atoms with Crippen molar-refractivity contribution in [3.8, 4) is 0 Å². The number of para-hydroxylation sites is 1. The van der Waals surface area contributed by atoms with Crippen LogP contribution in [0.1, 0.15) is 26.3 Å². The second-order valence-electron chi connectivity index (χ2n) is 10.0. The zero-order chi connectivity index (χ0) is 23.4. The summed E-state index contributed by atoms with van der Waals surface area (Å²) in [6, 6.07) is 37.6. The Balaban J connectivity index is 1.65. The Morgan fingerprint density at radius 2 is 1.12 bits per heavy atom. The molecule has 0 aliphatic heterocycles. The number of hydrogen-bond donors (Lipinski definition) is 0. The molecule has 166 valence electrons. The highest BCUT2D eigenvalue weighted by molar-refractivity contribution is 9.10. The van der Waals surface area contributed by atoms with Crippen LogP contribution in [0.5, 0.6) is 0 Å². The first kappa shape index (κ1) is 21.2. The summed E-state index contributed by atoms with van der Waals surface area (Å²) in [5, 5.41) is 7.70. The highest BCUT2D eigenvalue weighted by Crippen LogP contribution is 2.44. The maximum absolute atomic E-state index is 3.77. The molecule has 0 radical (unpaired) electrons. The van der Waals surface area contributed by atoms with E-state index < -0.39 is 0 Å². The number of nitrogens with zero attached hydrogens (tertiary/aromatic N) is 1. The first-order valence-electron chi connectivity index (χ1n) is 11.7. The van der Waals surface area contributed by atoms with E-state index in [1.165, 1.54) is 43.6 Å². The lowest BCUT2D eigenvalue weighted by molar-refractivity contribution is 0.590. The van der Waals surface area contributed by atoms with Crippen LogP contribution in [0.3, 0.4) is 0 Å². The van der Waals surface area contributed by atoms with Gasteiger partial charge in [0, 0.05) is 21.2 Å². The van der Waals surface area contributed by atoms with Crippen molar-refractivity contribution >= 4 is 65.3 Å². The van der Waals surface area contributed by atoms with E-state index in [4.69, 9.17) is 0 Å². The van der Waals surface area contributed by atoms with Gasteiger partial charge in [0.05, 0.1) is 5.69 Å². The lowest BCUT2D eigenvalue weighted by atomic mass is 9.87. The van der Waals surface area contributed by atoms with Crippen molar-refractivity contribution in [2.45, 2.75) is 26.2 Å². The van der Waals surface area contributed by atoms with Gasteiger partial charge >= 0.3 is 0 Å². The number of anilines is 3. The third-order valence-electron chi connectivity index (χ3n) is 6.84. The van der Waals surface area contributed by atoms with Crippen LogP contribution in [0.4, 0.5) is 17.1 Å². The molecule has 6 aromatic rings. The summed E-state index contributed by atoms with van der Waals surface area (Å²) >= 11 is 3.77. The number of benzene rings is 6. The second kappa shape index (κ2) is 7.85. The van der Waals surface area contributed by atoms with Gasteiger partial charge in [-0.2, -0.15) is 0 Å².